The van der Waals surface area contributed by atoms with Crippen LogP contribution in [0.5, 0.6) is 5.75 Å². The Morgan fingerprint density at radius 3 is 2.60 bits per heavy atom. The Balaban J connectivity index is 2.55. The van der Waals surface area contributed by atoms with Gasteiger partial charge in [-0.3, -0.25) is 4.72 Å². The van der Waals surface area contributed by atoms with Crippen molar-refractivity contribution in [1.82, 2.24) is 5.32 Å². The van der Waals surface area contributed by atoms with Gasteiger partial charge in [0, 0.05) is 12.1 Å². The topological polar surface area (TPSA) is 67.4 Å². The van der Waals surface area contributed by atoms with E-state index in [1.54, 1.807) is 0 Å². The van der Waals surface area contributed by atoms with Crippen molar-refractivity contribution in [3.8, 4) is 5.75 Å². The maximum atomic E-state index is 13.5. The summed E-state index contributed by atoms with van der Waals surface area (Å²) in [7, 11) is -2.12. The van der Waals surface area contributed by atoms with Gasteiger partial charge in [0.1, 0.15) is 0 Å². The third-order valence-electron chi connectivity index (χ3n) is 2.57. The smallest absolute Gasteiger partial charge is 0.232 e. The molecule has 1 rings (SSSR count). The molecule has 0 saturated heterocycles. The lowest BCUT2D eigenvalue weighted by Gasteiger charge is -2.10. The molecule has 0 aliphatic rings. The fraction of sp³-hybridized carbons (Fsp3) is 0.538. The molecule has 0 radical (unpaired) electrons. The van der Waals surface area contributed by atoms with E-state index in [9.17, 15) is 12.8 Å². The average molecular weight is 304 g/mol. The monoisotopic (exact) mass is 304 g/mol. The third kappa shape index (κ3) is 5.75. The maximum Gasteiger partial charge on any atom is 0.232 e. The van der Waals surface area contributed by atoms with Crippen LogP contribution in [0.3, 0.4) is 0 Å². The zero-order valence-electron chi connectivity index (χ0n) is 11.9. The molecule has 1 aromatic rings. The molecule has 7 heteroatoms. The van der Waals surface area contributed by atoms with Gasteiger partial charge in [-0.1, -0.05) is 13.8 Å². The molecule has 5 nitrogen and oxygen atoms in total. The van der Waals surface area contributed by atoms with Gasteiger partial charge in [-0.05, 0) is 25.1 Å². The Kier molecular flexibility index (Phi) is 6.22. The fourth-order valence-corrected chi connectivity index (χ4v) is 2.73. The Morgan fingerprint density at radius 2 is 2.05 bits per heavy atom. The predicted molar refractivity (Wildman–Crippen MR) is 78.1 cm³/mol. The van der Waals surface area contributed by atoms with Crippen molar-refractivity contribution in [3.05, 3.63) is 24.0 Å². The summed E-state index contributed by atoms with van der Waals surface area (Å²) in [6.45, 7) is 4.61. The normalized spacial score (nSPS) is 11.7. The van der Waals surface area contributed by atoms with Gasteiger partial charge in [0.25, 0.3) is 0 Å². The summed E-state index contributed by atoms with van der Waals surface area (Å²) in [6.07, 6.45) is 0.492. The number of hydrogen-bond donors (Lipinski definition) is 2. The zero-order valence-corrected chi connectivity index (χ0v) is 12.8. The molecule has 0 aliphatic heterocycles. The van der Waals surface area contributed by atoms with Crippen LogP contribution in [-0.4, -0.2) is 33.9 Å². The lowest BCUT2D eigenvalue weighted by molar-refractivity contribution is 0.386. The highest BCUT2D eigenvalue weighted by Crippen LogP contribution is 2.21. The van der Waals surface area contributed by atoms with E-state index in [1.165, 1.54) is 19.2 Å². The Bertz CT molecular complexity index is 532. The molecule has 0 amide bonds. The molecule has 20 heavy (non-hydrogen) atoms. The van der Waals surface area contributed by atoms with Crippen LogP contribution < -0.4 is 14.8 Å². The van der Waals surface area contributed by atoms with Gasteiger partial charge in [-0.2, -0.15) is 0 Å². The number of methoxy groups -OCH3 is 1. The van der Waals surface area contributed by atoms with E-state index < -0.39 is 15.8 Å². The highest BCUT2D eigenvalue weighted by molar-refractivity contribution is 7.92. The molecule has 114 valence electrons. The van der Waals surface area contributed by atoms with Crippen LogP contribution in [0.2, 0.25) is 0 Å². The van der Waals surface area contributed by atoms with Crippen LogP contribution in [-0.2, 0) is 10.0 Å². The Hall–Kier alpha value is -1.34. The van der Waals surface area contributed by atoms with Crippen LogP contribution >= 0.6 is 0 Å². The van der Waals surface area contributed by atoms with Crippen molar-refractivity contribution in [1.29, 1.82) is 0 Å². The molecule has 0 bridgehead atoms. The molecule has 0 fully saturated rings. The number of rotatable bonds is 8. The lowest BCUT2D eigenvalue weighted by Crippen LogP contribution is -2.26. The van der Waals surface area contributed by atoms with E-state index in [-0.39, 0.29) is 17.2 Å². The minimum atomic E-state index is -3.47. The van der Waals surface area contributed by atoms with Gasteiger partial charge >= 0.3 is 0 Å². The highest BCUT2D eigenvalue weighted by atomic mass is 32.2. The molecule has 0 heterocycles. The molecule has 0 spiro atoms. The largest absolute Gasteiger partial charge is 0.494 e. The summed E-state index contributed by atoms with van der Waals surface area (Å²) in [5.41, 5.74) is 0.195. The number of hydrogen-bond acceptors (Lipinski definition) is 4. The minimum Gasteiger partial charge on any atom is -0.494 e. The molecule has 1 aromatic carbocycles. The van der Waals surface area contributed by atoms with Gasteiger partial charge in [0.05, 0.1) is 18.6 Å². The molecular weight excluding hydrogens is 283 g/mol. The SMILES string of the molecule is COc1ccc(NS(=O)(=O)CCCNC(C)C)cc1F. The first-order chi connectivity index (χ1) is 9.34. The van der Waals surface area contributed by atoms with E-state index >= 15 is 0 Å². The van der Waals surface area contributed by atoms with Crippen LogP contribution in [0.25, 0.3) is 0 Å². The third-order valence-corrected chi connectivity index (χ3v) is 3.94. The fourth-order valence-electron chi connectivity index (χ4n) is 1.61. The summed E-state index contributed by atoms with van der Waals surface area (Å²) in [5, 5.41) is 3.14. The quantitative estimate of drug-likeness (QED) is 0.721. The van der Waals surface area contributed by atoms with E-state index in [2.05, 4.69) is 10.0 Å². The van der Waals surface area contributed by atoms with Gasteiger partial charge in [0.2, 0.25) is 10.0 Å². The second kappa shape index (κ2) is 7.44. The van der Waals surface area contributed by atoms with Gasteiger partial charge in [-0.15, -0.1) is 0 Å². The maximum absolute atomic E-state index is 13.5. The van der Waals surface area contributed by atoms with Crippen LogP contribution in [0, 0.1) is 5.82 Å². The van der Waals surface area contributed by atoms with Gasteiger partial charge < -0.3 is 10.1 Å². The Labute approximate surface area is 119 Å². The van der Waals surface area contributed by atoms with Gasteiger partial charge in [-0.25, -0.2) is 12.8 Å². The van der Waals surface area contributed by atoms with Crippen LogP contribution in [0.4, 0.5) is 10.1 Å². The Morgan fingerprint density at radius 1 is 1.35 bits per heavy atom. The van der Waals surface area contributed by atoms with E-state index in [1.807, 2.05) is 13.8 Å². The summed E-state index contributed by atoms with van der Waals surface area (Å²) in [6, 6.07) is 4.27. The summed E-state index contributed by atoms with van der Waals surface area (Å²) in [4.78, 5) is 0. The second-order valence-electron chi connectivity index (χ2n) is 4.73. The number of sulfonamides is 1. The second-order valence-corrected chi connectivity index (χ2v) is 6.57. The number of nitrogens with one attached hydrogen (secondary N) is 2. The van der Waals surface area contributed by atoms with E-state index in [0.717, 1.165) is 6.07 Å². The predicted octanol–water partition coefficient (Wildman–Crippen LogP) is 1.96. The molecule has 0 unspecified atom stereocenters. The lowest BCUT2D eigenvalue weighted by atomic mass is 10.3. The van der Waals surface area contributed by atoms with Gasteiger partial charge in [0.15, 0.2) is 11.6 Å². The number of halogens is 1. The first-order valence-corrected chi connectivity index (χ1v) is 8.06. The summed E-state index contributed by atoms with van der Waals surface area (Å²) < 4.78 is 44.2. The van der Waals surface area contributed by atoms with E-state index in [0.29, 0.717) is 19.0 Å². The standard InChI is InChI=1S/C13H21FN2O3S/c1-10(2)15-7-4-8-20(17,18)16-11-5-6-13(19-3)12(14)9-11/h5-6,9-10,15-16H,4,7-8H2,1-3H3. The van der Waals surface area contributed by atoms with Crippen molar-refractivity contribution >= 4 is 15.7 Å². The number of anilines is 1. The van der Waals surface area contributed by atoms with Crippen LogP contribution in [0.15, 0.2) is 18.2 Å². The summed E-state index contributed by atoms with van der Waals surface area (Å²) in [5.74, 6) is -0.538. The average Bonchev–Trinajstić information content (AvgIpc) is 2.34. The summed E-state index contributed by atoms with van der Waals surface area (Å²) >= 11 is 0. The first kappa shape index (κ1) is 16.7. The molecule has 0 atom stereocenters. The molecular formula is C13H21FN2O3S. The van der Waals surface area contributed by atoms with E-state index in [4.69, 9.17) is 4.74 Å². The number of benzene rings is 1. The van der Waals surface area contributed by atoms with Crippen molar-refractivity contribution in [3.63, 3.8) is 0 Å². The van der Waals surface area contributed by atoms with Crippen molar-refractivity contribution in [2.24, 2.45) is 0 Å². The molecule has 0 aliphatic carbocycles. The van der Waals surface area contributed by atoms with Crippen molar-refractivity contribution < 1.29 is 17.5 Å². The number of ether oxygens (including phenoxy) is 1. The highest BCUT2D eigenvalue weighted by Gasteiger charge is 2.12. The molecule has 0 saturated carbocycles. The zero-order chi connectivity index (χ0) is 15.2. The van der Waals surface area contributed by atoms with Crippen molar-refractivity contribution in [2.45, 2.75) is 26.3 Å². The minimum absolute atomic E-state index is 0.0135. The van der Waals surface area contributed by atoms with Crippen LogP contribution in [0.1, 0.15) is 20.3 Å². The van der Waals surface area contributed by atoms with Crippen molar-refractivity contribution in [2.75, 3.05) is 24.1 Å². The molecule has 0 aromatic heterocycles. The molecule has 2 N–H and O–H groups in total. The first-order valence-electron chi connectivity index (χ1n) is 6.41.